The molecule has 7 heteroatoms. The molecule has 0 aromatic carbocycles. The van der Waals surface area contributed by atoms with E-state index in [0.29, 0.717) is 30.6 Å². The van der Waals surface area contributed by atoms with Gasteiger partial charge in [-0.3, -0.25) is 13.9 Å². The van der Waals surface area contributed by atoms with E-state index < -0.39 is 0 Å². The Bertz CT molecular complexity index is 770. The van der Waals surface area contributed by atoms with Crippen molar-refractivity contribution in [3.63, 3.8) is 0 Å². The third-order valence-electron chi connectivity index (χ3n) is 4.11. The Balaban J connectivity index is 2.36. The Morgan fingerprint density at radius 2 is 1.96 bits per heavy atom. The predicted molar refractivity (Wildman–Crippen MR) is 89.7 cm³/mol. The fourth-order valence-corrected chi connectivity index (χ4v) is 2.73. The molecule has 0 amide bonds. The van der Waals surface area contributed by atoms with E-state index >= 15 is 0 Å². The first kappa shape index (κ1) is 17.5. The van der Waals surface area contributed by atoms with Crippen LogP contribution in [0.5, 0.6) is 0 Å². The molecular weight excluding hydrogens is 296 g/mol. The van der Waals surface area contributed by atoms with Crippen LogP contribution in [0.25, 0.3) is 11.2 Å². The molecule has 1 N–H and O–H groups in total. The molecule has 2 heterocycles. The van der Waals surface area contributed by atoms with Crippen molar-refractivity contribution in [2.45, 2.75) is 65.1 Å². The van der Waals surface area contributed by atoms with Gasteiger partial charge in [-0.2, -0.15) is 0 Å². The molecule has 0 saturated carbocycles. The van der Waals surface area contributed by atoms with Crippen molar-refractivity contribution in [1.29, 1.82) is 0 Å². The topological polar surface area (TPSA) is 82.1 Å². The van der Waals surface area contributed by atoms with Crippen molar-refractivity contribution in [1.82, 2.24) is 18.7 Å². The van der Waals surface area contributed by atoms with E-state index in [4.69, 9.17) is 0 Å². The zero-order valence-corrected chi connectivity index (χ0v) is 14.2. The number of hydrogen-bond donors (Lipinski definition) is 1. The van der Waals surface area contributed by atoms with E-state index in [2.05, 4.69) is 11.9 Å². The standard InChI is InChI=1S/C16H26N4O3/c1-4-5-9-19-11-17-14-13(19)15(22)20(16(23)18(14)3)10-7-6-8-12(2)21/h11-12,21H,4-10H2,1-3H3. The normalized spacial score (nSPS) is 12.9. The summed E-state index contributed by atoms with van der Waals surface area (Å²) in [6.45, 7) is 4.93. The lowest BCUT2D eigenvalue weighted by molar-refractivity contribution is 0.180. The molecule has 0 saturated heterocycles. The molecule has 0 aliphatic heterocycles. The summed E-state index contributed by atoms with van der Waals surface area (Å²) in [5.74, 6) is 0. The molecule has 0 radical (unpaired) electrons. The van der Waals surface area contributed by atoms with Crippen LogP contribution < -0.4 is 11.2 Å². The Morgan fingerprint density at radius 3 is 2.61 bits per heavy atom. The zero-order chi connectivity index (χ0) is 17.0. The first-order valence-electron chi connectivity index (χ1n) is 8.30. The molecular formula is C16H26N4O3. The van der Waals surface area contributed by atoms with Gasteiger partial charge in [0.25, 0.3) is 5.56 Å². The van der Waals surface area contributed by atoms with E-state index in [1.165, 1.54) is 9.13 Å². The van der Waals surface area contributed by atoms with Crippen molar-refractivity contribution >= 4 is 11.2 Å². The van der Waals surface area contributed by atoms with Crippen molar-refractivity contribution in [3.8, 4) is 0 Å². The molecule has 7 nitrogen and oxygen atoms in total. The zero-order valence-electron chi connectivity index (χ0n) is 14.2. The summed E-state index contributed by atoms with van der Waals surface area (Å²) in [6.07, 6.45) is 5.41. The Hall–Kier alpha value is -1.89. The molecule has 1 atom stereocenters. The monoisotopic (exact) mass is 322 g/mol. The summed E-state index contributed by atoms with van der Waals surface area (Å²) in [4.78, 5) is 29.3. The highest BCUT2D eigenvalue weighted by Crippen LogP contribution is 2.08. The molecule has 0 fully saturated rings. The summed E-state index contributed by atoms with van der Waals surface area (Å²) >= 11 is 0. The SMILES string of the molecule is CCCCn1cnc2c1c(=O)n(CCCCC(C)O)c(=O)n2C. The third-order valence-corrected chi connectivity index (χ3v) is 4.11. The van der Waals surface area contributed by atoms with E-state index in [1.54, 1.807) is 20.3 Å². The number of fused-ring (bicyclic) bond motifs is 1. The van der Waals surface area contributed by atoms with Gasteiger partial charge in [-0.1, -0.05) is 13.3 Å². The van der Waals surface area contributed by atoms with Gasteiger partial charge in [-0.25, -0.2) is 9.78 Å². The molecule has 0 bridgehead atoms. The maximum absolute atomic E-state index is 12.7. The van der Waals surface area contributed by atoms with E-state index in [-0.39, 0.29) is 17.4 Å². The average molecular weight is 322 g/mol. The number of aliphatic hydroxyl groups is 1. The molecule has 0 aliphatic rings. The number of hydrogen-bond acceptors (Lipinski definition) is 4. The molecule has 2 rings (SSSR count). The lowest BCUT2D eigenvalue weighted by Gasteiger charge is -2.10. The molecule has 23 heavy (non-hydrogen) atoms. The summed E-state index contributed by atoms with van der Waals surface area (Å²) in [5.41, 5.74) is 0.335. The molecule has 2 aromatic heterocycles. The van der Waals surface area contributed by atoms with Crippen LogP contribution >= 0.6 is 0 Å². The summed E-state index contributed by atoms with van der Waals surface area (Å²) < 4.78 is 4.56. The fraction of sp³-hybridized carbons (Fsp3) is 0.688. The highest BCUT2D eigenvalue weighted by atomic mass is 16.3. The lowest BCUT2D eigenvalue weighted by Crippen LogP contribution is -2.39. The lowest BCUT2D eigenvalue weighted by atomic mass is 10.2. The Morgan fingerprint density at radius 1 is 1.22 bits per heavy atom. The number of imidazole rings is 1. The second-order valence-electron chi connectivity index (χ2n) is 6.11. The van der Waals surface area contributed by atoms with Gasteiger partial charge in [0.1, 0.15) is 0 Å². The van der Waals surface area contributed by atoms with E-state index in [1.807, 2.05) is 4.57 Å². The Labute approximate surface area is 135 Å². The second-order valence-corrected chi connectivity index (χ2v) is 6.11. The second kappa shape index (κ2) is 7.59. The van der Waals surface area contributed by atoms with Crippen molar-refractivity contribution in [3.05, 3.63) is 27.2 Å². The van der Waals surface area contributed by atoms with Gasteiger partial charge >= 0.3 is 5.69 Å². The van der Waals surface area contributed by atoms with Gasteiger partial charge in [0.05, 0.1) is 12.4 Å². The summed E-state index contributed by atoms with van der Waals surface area (Å²) in [7, 11) is 1.65. The van der Waals surface area contributed by atoms with Crippen LogP contribution in [0, 0.1) is 0 Å². The maximum Gasteiger partial charge on any atom is 0.332 e. The van der Waals surface area contributed by atoms with E-state index in [9.17, 15) is 14.7 Å². The van der Waals surface area contributed by atoms with Crippen LogP contribution in [0.2, 0.25) is 0 Å². The quantitative estimate of drug-likeness (QED) is 0.742. The average Bonchev–Trinajstić information content (AvgIpc) is 2.94. The van der Waals surface area contributed by atoms with Crippen LogP contribution in [0.3, 0.4) is 0 Å². The molecule has 0 spiro atoms. The fourth-order valence-electron chi connectivity index (χ4n) is 2.73. The smallest absolute Gasteiger partial charge is 0.332 e. The van der Waals surface area contributed by atoms with Crippen LogP contribution in [0.15, 0.2) is 15.9 Å². The minimum absolute atomic E-state index is 0.270. The predicted octanol–water partition coefficient (Wildman–Crippen LogP) is 1.25. The van der Waals surface area contributed by atoms with Gasteiger partial charge in [0.2, 0.25) is 0 Å². The molecule has 128 valence electrons. The van der Waals surface area contributed by atoms with Crippen LogP contribution in [-0.4, -0.2) is 29.9 Å². The molecule has 1 unspecified atom stereocenters. The van der Waals surface area contributed by atoms with Gasteiger partial charge < -0.3 is 9.67 Å². The van der Waals surface area contributed by atoms with Gasteiger partial charge in [0, 0.05) is 20.1 Å². The van der Waals surface area contributed by atoms with Crippen molar-refractivity contribution in [2.75, 3.05) is 0 Å². The highest BCUT2D eigenvalue weighted by Gasteiger charge is 2.15. The molecule has 0 aliphatic carbocycles. The number of unbranched alkanes of at least 4 members (excludes halogenated alkanes) is 2. The minimum Gasteiger partial charge on any atom is -0.393 e. The van der Waals surface area contributed by atoms with Gasteiger partial charge in [-0.05, 0) is 32.6 Å². The largest absolute Gasteiger partial charge is 0.393 e. The summed E-state index contributed by atoms with van der Waals surface area (Å²) in [5, 5.41) is 9.29. The van der Waals surface area contributed by atoms with E-state index in [0.717, 1.165) is 25.8 Å². The van der Waals surface area contributed by atoms with Crippen molar-refractivity contribution < 1.29 is 5.11 Å². The van der Waals surface area contributed by atoms with Gasteiger partial charge in [0.15, 0.2) is 11.2 Å². The number of aliphatic hydroxyl groups excluding tert-OH is 1. The Kier molecular flexibility index (Phi) is 5.76. The van der Waals surface area contributed by atoms with Crippen molar-refractivity contribution in [2.24, 2.45) is 7.05 Å². The van der Waals surface area contributed by atoms with Gasteiger partial charge in [-0.15, -0.1) is 0 Å². The molecule has 2 aromatic rings. The summed E-state index contributed by atoms with van der Waals surface area (Å²) in [6, 6.07) is 0. The van der Waals surface area contributed by atoms with Crippen LogP contribution in [0.1, 0.15) is 46.0 Å². The van der Waals surface area contributed by atoms with Crippen LogP contribution in [-0.2, 0) is 20.1 Å². The first-order valence-corrected chi connectivity index (χ1v) is 8.30. The number of aryl methyl sites for hydroxylation is 2. The highest BCUT2D eigenvalue weighted by molar-refractivity contribution is 5.69. The third kappa shape index (κ3) is 3.72. The number of rotatable bonds is 8. The van der Waals surface area contributed by atoms with Crippen LogP contribution in [0.4, 0.5) is 0 Å². The minimum atomic E-state index is -0.354. The number of aromatic nitrogens is 4. The first-order chi connectivity index (χ1) is 11.0. The maximum atomic E-state index is 12.7. The number of nitrogens with zero attached hydrogens (tertiary/aromatic N) is 4.